The Morgan fingerprint density at radius 2 is 2.15 bits per heavy atom. The molecule has 1 heterocycles. The molecule has 2 amide bonds. The van der Waals surface area contributed by atoms with Gasteiger partial charge in [-0.05, 0) is 47.0 Å². The molecule has 5 nitrogen and oxygen atoms in total. The number of nitrogens with zero attached hydrogens (tertiary/aromatic N) is 1. The van der Waals surface area contributed by atoms with Crippen molar-refractivity contribution < 1.29 is 19.1 Å². The number of carbonyl (C=O) groups excluding carboxylic acids is 2. The van der Waals surface area contributed by atoms with E-state index in [4.69, 9.17) is 5.73 Å². The zero-order valence-electron chi connectivity index (χ0n) is 10.6. The van der Waals surface area contributed by atoms with Gasteiger partial charge in [-0.2, -0.15) is 0 Å². The molecule has 1 aliphatic heterocycles. The van der Waals surface area contributed by atoms with Gasteiger partial charge in [0.1, 0.15) is 5.82 Å². The predicted molar refractivity (Wildman–Crippen MR) is 73.4 cm³/mol. The highest BCUT2D eigenvalue weighted by atomic mass is 79.9. The summed E-state index contributed by atoms with van der Waals surface area (Å²) in [5.41, 5.74) is 3.61. The lowest BCUT2D eigenvalue weighted by atomic mass is 9.92. The molecular weight excluding hydrogens is 331 g/mol. The Kier molecular flexibility index (Phi) is 4.10. The smallest absolute Gasteiger partial charge is 0.254 e. The van der Waals surface area contributed by atoms with Gasteiger partial charge in [-0.15, -0.1) is 0 Å². The van der Waals surface area contributed by atoms with Crippen molar-refractivity contribution in [3.8, 4) is 0 Å². The van der Waals surface area contributed by atoms with E-state index in [0.717, 1.165) is 6.07 Å². The van der Waals surface area contributed by atoms with Crippen LogP contribution in [0.3, 0.4) is 0 Å². The van der Waals surface area contributed by atoms with Gasteiger partial charge in [-0.1, -0.05) is 0 Å². The van der Waals surface area contributed by atoms with Crippen molar-refractivity contribution in [1.29, 1.82) is 0 Å². The van der Waals surface area contributed by atoms with Gasteiger partial charge in [-0.3, -0.25) is 9.59 Å². The van der Waals surface area contributed by atoms with Crippen LogP contribution in [0.1, 0.15) is 23.2 Å². The molecule has 1 atom stereocenters. The minimum atomic E-state index is -1.71. The second-order valence-corrected chi connectivity index (χ2v) is 5.71. The van der Waals surface area contributed by atoms with Gasteiger partial charge >= 0.3 is 0 Å². The zero-order valence-corrected chi connectivity index (χ0v) is 12.2. The zero-order chi connectivity index (χ0) is 14.9. The van der Waals surface area contributed by atoms with Gasteiger partial charge in [0.15, 0.2) is 5.60 Å². The average Bonchev–Trinajstić information content (AvgIpc) is 2.41. The lowest BCUT2D eigenvalue weighted by Crippen LogP contribution is -2.57. The fraction of sp³-hybridized carbons (Fsp3) is 0.385. The lowest BCUT2D eigenvalue weighted by molar-refractivity contribution is -0.140. The number of piperidine rings is 1. The molecule has 1 unspecified atom stereocenters. The number of aliphatic hydroxyl groups is 1. The maximum Gasteiger partial charge on any atom is 0.254 e. The number of amides is 2. The fourth-order valence-electron chi connectivity index (χ4n) is 2.22. The van der Waals surface area contributed by atoms with E-state index in [2.05, 4.69) is 15.9 Å². The van der Waals surface area contributed by atoms with Gasteiger partial charge in [0.05, 0.1) is 11.0 Å². The third-order valence-corrected chi connectivity index (χ3v) is 4.03. The van der Waals surface area contributed by atoms with Crippen LogP contribution in [0.25, 0.3) is 0 Å². The van der Waals surface area contributed by atoms with Crippen molar-refractivity contribution in [2.75, 3.05) is 13.1 Å². The van der Waals surface area contributed by atoms with Crippen molar-refractivity contribution in [1.82, 2.24) is 4.90 Å². The number of benzene rings is 1. The molecule has 1 saturated heterocycles. The van der Waals surface area contributed by atoms with E-state index in [0.29, 0.717) is 13.0 Å². The van der Waals surface area contributed by atoms with Gasteiger partial charge in [-0.25, -0.2) is 4.39 Å². The van der Waals surface area contributed by atoms with Crippen molar-refractivity contribution >= 4 is 27.7 Å². The van der Waals surface area contributed by atoms with E-state index in [1.807, 2.05) is 0 Å². The van der Waals surface area contributed by atoms with Crippen LogP contribution in [-0.2, 0) is 4.79 Å². The Balaban J connectivity index is 2.20. The Morgan fingerprint density at radius 3 is 2.75 bits per heavy atom. The molecule has 20 heavy (non-hydrogen) atoms. The van der Waals surface area contributed by atoms with Crippen LogP contribution < -0.4 is 5.73 Å². The third kappa shape index (κ3) is 2.83. The van der Waals surface area contributed by atoms with E-state index in [1.165, 1.54) is 17.0 Å². The van der Waals surface area contributed by atoms with Crippen LogP contribution in [0.15, 0.2) is 22.7 Å². The topological polar surface area (TPSA) is 83.6 Å². The van der Waals surface area contributed by atoms with E-state index in [1.54, 1.807) is 0 Å². The summed E-state index contributed by atoms with van der Waals surface area (Å²) < 4.78 is 13.7. The van der Waals surface area contributed by atoms with Crippen LogP contribution in [0.5, 0.6) is 0 Å². The number of carbonyl (C=O) groups is 2. The first-order chi connectivity index (χ1) is 9.33. The normalized spacial score (nSPS) is 22.6. The molecule has 108 valence electrons. The summed E-state index contributed by atoms with van der Waals surface area (Å²) in [6, 6.07) is 4.03. The number of β-amino-alcohol motifs (C(OH)–C–C–N with tert-alkyl or cyclic N) is 1. The van der Waals surface area contributed by atoms with Crippen molar-refractivity contribution in [2.45, 2.75) is 18.4 Å². The number of nitrogens with two attached hydrogens (primary N) is 1. The van der Waals surface area contributed by atoms with Crippen LogP contribution in [0.4, 0.5) is 4.39 Å². The predicted octanol–water partition coefficient (Wildman–Crippen LogP) is 1.04. The quantitative estimate of drug-likeness (QED) is 0.840. The monoisotopic (exact) mass is 344 g/mol. The van der Waals surface area contributed by atoms with E-state index < -0.39 is 23.2 Å². The maximum absolute atomic E-state index is 13.4. The second-order valence-electron chi connectivity index (χ2n) is 4.85. The molecular formula is C13H14BrFN2O3. The number of likely N-dealkylation sites (tertiary alicyclic amines) is 1. The first-order valence-corrected chi connectivity index (χ1v) is 6.89. The van der Waals surface area contributed by atoms with Crippen molar-refractivity contribution in [2.24, 2.45) is 5.73 Å². The number of hydrogen-bond donors (Lipinski definition) is 2. The molecule has 7 heteroatoms. The van der Waals surface area contributed by atoms with Gasteiger partial charge in [0.25, 0.3) is 11.8 Å². The maximum atomic E-state index is 13.4. The molecule has 0 saturated carbocycles. The number of hydrogen-bond acceptors (Lipinski definition) is 3. The minimum absolute atomic E-state index is 0.166. The SMILES string of the molecule is NC(=O)C1(O)CCCN(C(=O)c2ccc(Br)c(F)c2)C1. The second kappa shape index (κ2) is 5.49. The molecule has 0 bridgehead atoms. The molecule has 0 aliphatic carbocycles. The summed E-state index contributed by atoms with van der Waals surface area (Å²) in [6.45, 7) is 0.227. The highest BCUT2D eigenvalue weighted by Crippen LogP contribution is 2.23. The summed E-state index contributed by atoms with van der Waals surface area (Å²) in [6.07, 6.45) is 0.686. The molecule has 1 aromatic rings. The summed E-state index contributed by atoms with van der Waals surface area (Å²) in [5.74, 6) is -1.83. The molecule has 1 aliphatic rings. The molecule has 0 radical (unpaired) electrons. The molecule has 1 fully saturated rings. The third-order valence-electron chi connectivity index (χ3n) is 3.38. The Morgan fingerprint density at radius 1 is 1.45 bits per heavy atom. The molecule has 0 aromatic heterocycles. The molecule has 3 N–H and O–H groups in total. The first kappa shape index (κ1) is 14.9. The largest absolute Gasteiger partial charge is 0.378 e. The number of halogens is 2. The fourth-order valence-corrected chi connectivity index (χ4v) is 2.47. The van der Waals surface area contributed by atoms with E-state index in [9.17, 15) is 19.1 Å². The Hall–Kier alpha value is -1.47. The van der Waals surface area contributed by atoms with Crippen LogP contribution in [0.2, 0.25) is 0 Å². The van der Waals surface area contributed by atoms with Gasteiger partial charge < -0.3 is 15.7 Å². The van der Waals surface area contributed by atoms with Crippen molar-refractivity contribution in [3.05, 3.63) is 34.1 Å². The van der Waals surface area contributed by atoms with Crippen LogP contribution in [0, 0.1) is 5.82 Å². The van der Waals surface area contributed by atoms with Crippen LogP contribution >= 0.6 is 15.9 Å². The Bertz CT molecular complexity index is 567. The number of primary amides is 1. The molecule has 0 spiro atoms. The van der Waals surface area contributed by atoms with E-state index >= 15 is 0 Å². The van der Waals surface area contributed by atoms with Gasteiger partial charge in [0.2, 0.25) is 0 Å². The summed E-state index contributed by atoms with van der Waals surface area (Å²) in [7, 11) is 0. The van der Waals surface area contributed by atoms with Gasteiger partial charge in [0, 0.05) is 12.1 Å². The van der Waals surface area contributed by atoms with Crippen LogP contribution in [-0.4, -0.2) is 40.5 Å². The summed E-state index contributed by atoms with van der Waals surface area (Å²) >= 11 is 3.01. The molecule has 2 rings (SSSR count). The van der Waals surface area contributed by atoms with E-state index in [-0.39, 0.29) is 23.0 Å². The molecule has 1 aromatic carbocycles. The highest BCUT2D eigenvalue weighted by Gasteiger charge is 2.40. The number of rotatable bonds is 2. The standard InChI is InChI=1S/C13H14BrFN2O3/c14-9-3-2-8(6-10(9)15)11(18)17-5-1-4-13(20,7-17)12(16)19/h2-3,6,20H,1,4-5,7H2,(H2,16,19). The Labute approximate surface area is 123 Å². The first-order valence-electron chi connectivity index (χ1n) is 6.10. The minimum Gasteiger partial charge on any atom is -0.378 e. The summed E-state index contributed by atoms with van der Waals surface area (Å²) in [4.78, 5) is 24.8. The highest BCUT2D eigenvalue weighted by molar-refractivity contribution is 9.10. The average molecular weight is 345 g/mol. The summed E-state index contributed by atoms with van der Waals surface area (Å²) in [5, 5.41) is 10.1. The lowest BCUT2D eigenvalue weighted by Gasteiger charge is -2.37. The van der Waals surface area contributed by atoms with Crippen molar-refractivity contribution in [3.63, 3.8) is 0 Å².